The van der Waals surface area contributed by atoms with E-state index < -0.39 is 0 Å². The molecule has 0 amide bonds. The van der Waals surface area contributed by atoms with Crippen LogP contribution in [-0.4, -0.2) is 17.1 Å². The Balaban J connectivity index is 2.45. The van der Waals surface area contributed by atoms with Gasteiger partial charge < -0.3 is 10.6 Å². The molecule has 2 N–H and O–H groups in total. The van der Waals surface area contributed by atoms with Gasteiger partial charge in [-0.1, -0.05) is 0 Å². The molecular weight excluding hydrogens is 266 g/mol. The van der Waals surface area contributed by atoms with Crippen LogP contribution in [0.5, 0.6) is 0 Å². The molecule has 2 heterocycles. The molecule has 0 atom stereocenters. The number of hydrogen-bond acceptors (Lipinski definition) is 3. The molecule has 1 aromatic heterocycles. The molecule has 3 nitrogen and oxygen atoms in total. The van der Waals surface area contributed by atoms with Gasteiger partial charge in [0.25, 0.3) is 0 Å². The van der Waals surface area contributed by atoms with E-state index in [1.807, 2.05) is 6.92 Å². The summed E-state index contributed by atoms with van der Waals surface area (Å²) in [6, 6.07) is 0. The molecule has 1 aliphatic rings. The zero-order valence-corrected chi connectivity index (χ0v) is 11.6. The van der Waals surface area contributed by atoms with Crippen LogP contribution in [0, 0.1) is 6.92 Å². The summed E-state index contributed by atoms with van der Waals surface area (Å²) in [5, 5.41) is 0. The first-order valence-electron chi connectivity index (χ1n) is 5.62. The number of nitrogens with zero attached hydrogens (tertiary/aromatic N) is 2. The van der Waals surface area contributed by atoms with E-state index in [1.165, 1.54) is 12.8 Å². The lowest BCUT2D eigenvalue weighted by Gasteiger charge is -2.33. The standard InChI is InChI=1S/C12H18BrN3/c1-8-9(14)7-15-11(10(8)13)16-6-4-5-12(16,2)3/h7H,4-6,14H2,1-3H3. The SMILES string of the molecule is Cc1c(N)cnc(N2CCCC2(C)C)c1Br. The van der Waals surface area contributed by atoms with Crippen molar-refractivity contribution < 1.29 is 0 Å². The zero-order chi connectivity index (χ0) is 11.9. The first-order valence-corrected chi connectivity index (χ1v) is 6.41. The summed E-state index contributed by atoms with van der Waals surface area (Å²) in [7, 11) is 0. The average molecular weight is 284 g/mol. The van der Waals surface area contributed by atoms with E-state index in [0.29, 0.717) is 0 Å². The predicted molar refractivity (Wildman–Crippen MR) is 71.7 cm³/mol. The Hall–Kier alpha value is -0.770. The third-order valence-electron chi connectivity index (χ3n) is 3.44. The smallest absolute Gasteiger partial charge is 0.143 e. The van der Waals surface area contributed by atoms with Gasteiger partial charge in [0.1, 0.15) is 5.82 Å². The Morgan fingerprint density at radius 1 is 1.50 bits per heavy atom. The average Bonchev–Trinajstić information content (AvgIpc) is 2.55. The molecule has 1 saturated heterocycles. The van der Waals surface area contributed by atoms with Gasteiger partial charge in [0.15, 0.2) is 0 Å². The molecule has 1 fully saturated rings. The van der Waals surface area contributed by atoms with Crippen LogP contribution in [0.2, 0.25) is 0 Å². The van der Waals surface area contributed by atoms with Gasteiger partial charge in [-0.25, -0.2) is 4.98 Å². The van der Waals surface area contributed by atoms with E-state index in [0.717, 1.165) is 28.1 Å². The highest BCUT2D eigenvalue weighted by Gasteiger charge is 2.34. The van der Waals surface area contributed by atoms with E-state index >= 15 is 0 Å². The van der Waals surface area contributed by atoms with Crippen LogP contribution < -0.4 is 10.6 Å². The van der Waals surface area contributed by atoms with Gasteiger partial charge in [0.2, 0.25) is 0 Å². The normalized spacial score (nSPS) is 19.1. The summed E-state index contributed by atoms with van der Waals surface area (Å²) in [5.41, 5.74) is 7.86. The molecule has 0 spiro atoms. The second-order valence-electron chi connectivity index (χ2n) is 5.04. The largest absolute Gasteiger partial charge is 0.397 e. The quantitative estimate of drug-likeness (QED) is 0.861. The number of nitrogen functional groups attached to an aromatic ring is 1. The molecule has 0 radical (unpaired) electrons. The Morgan fingerprint density at radius 2 is 2.19 bits per heavy atom. The fraction of sp³-hybridized carbons (Fsp3) is 0.583. The minimum atomic E-state index is 0.193. The van der Waals surface area contributed by atoms with Crippen molar-refractivity contribution in [1.29, 1.82) is 0 Å². The van der Waals surface area contributed by atoms with E-state index in [9.17, 15) is 0 Å². The Bertz CT molecular complexity index is 415. The molecule has 0 bridgehead atoms. The molecule has 4 heteroatoms. The molecule has 16 heavy (non-hydrogen) atoms. The van der Waals surface area contributed by atoms with Crippen LogP contribution in [0.4, 0.5) is 11.5 Å². The first kappa shape index (κ1) is 11.7. The molecule has 0 aliphatic carbocycles. The number of halogens is 1. The van der Waals surface area contributed by atoms with Crippen LogP contribution >= 0.6 is 15.9 Å². The highest BCUT2D eigenvalue weighted by atomic mass is 79.9. The Labute approximate surface area is 105 Å². The van der Waals surface area contributed by atoms with Crippen LogP contribution in [0.1, 0.15) is 32.3 Å². The second-order valence-corrected chi connectivity index (χ2v) is 5.84. The van der Waals surface area contributed by atoms with Gasteiger partial charge in [-0.05, 0) is 55.1 Å². The van der Waals surface area contributed by atoms with Crippen molar-refractivity contribution in [2.45, 2.75) is 39.2 Å². The first-order chi connectivity index (χ1) is 7.43. The number of pyridine rings is 1. The minimum absolute atomic E-state index is 0.193. The maximum absolute atomic E-state index is 5.84. The van der Waals surface area contributed by atoms with Crippen molar-refractivity contribution >= 4 is 27.4 Å². The third-order valence-corrected chi connectivity index (χ3v) is 4.39. The van der Waals surface area contributed by atoms with E-state index in [1.54, 1.807) is 6.20 Å². The van der Waals surface area contributed by atoms with Crippen LogP contribution in [0.3, 0.4) is 0 Å². The topological polar surface area (TPSA) is 42.1 Å². The van der Waals surface area contributed by atoms with Crippen molar-refractivity contribution in [1.82, 2.24) is 4.98 Å². The summed E-state index contributed by atoms with van der Waals surface area (Å²) in [6.45, 7) is 7.62. The van der Waals surface area contributed by atoms with Crippen LogP contribution in [0.15, 0.2) is 10.7 Å². The lowest BCUT2D eigenvalue weighted by molar-refractivity contribution is 0.513. The van der Waals surface area contributed by atoms with Gasteiger partial charge in [0.05, 0.1) is 16.4 Å². The molecule has 0 unspecified atom stereocenters. The van der Waals surface area contributed by atoms with Crippen LogP contribution in [0.25, 0.3) is 0 Å². The lowest BCUT2D eigenvalue weighted by atomic mass is 10.0. The predicted octanol–water partition coefficient (Wildman–Crippen LogP) is 3.11. The van der Waals surface area contributed by atoms with E-state index in [4.69, 9.17) is 5.73 Å². The lowest BCUT2D eigenvalue weighted by Crippen LogP contribution is -2.39. The van der Waals surface area contributed by atoms with Gasteiger partial charge in [-0.2, -0.15) is 0 Å². The third kappa shape index (κ3) is 1.79. The molecule has 1 aromatic rings. The molecule has 0 saturated carbocycles. The number of nitrogens with two attached hydrogens (primary N) is 1. The summed E-state index contributed by atoms with van der Waals surface area (Å²) in [4.78, 5) is 6.83. The molecule has 0 aromatic carbocycles. The van der Waals surface area contributed by atoms with Gasteiger partial charge in [-0.3, -0.25) is 0 Å². The van der Waals surface area contributed by atoms with E-state index in [2.05, 4.69) is 39.7 Å². The summed E-state index contributed by atoms with van der Waals surface area (Å²) >= 11 is 3.61. The number of anilines is 2. The number of hydrogen-bond donors (Lipinski definition) is 1. The fourth-order valence-corrected chi connectivity index (χ4v) is 2.81. The number of aromatic nitrogens is 1. The molecule has 88 valence electrons. The molecule has 1 aliphatic heterocycles. The van der Waals surface area contributed by atoms with Gasteiger partial charge >= 0.3 is 0 Å². The minimum Gasteiger partial charge on any atom is -0.397 e. The number of rotatable bonds is 1. The Kier molecular flexibility index (Phi) is 2.86. The van der Waals surface area contributed by atoms with E-state index in [-0.39, 0.29) is 5.54 Å². The van der Waals surface area contributed by atoms with Gasteiger partial charge in [-0.15, -0.1) is 0 Å². The summed E-state index contributed by atoms with van der Waals surface area (Å²) in [5.74, 6) is 1.02. The summed E-state index contributed by atoms with van der Waals surface area (Å²) in [6.07, 6.45) is 4.19. The maximum Gasteiger partial charge on any atom is 0.143 e. The second kappa shape index (κ2) is 3.91. The zero-order valence-electron chi connectivity index (χ0n) is 10.0. The van der Waals surface area contributed by atoms with Crippen molar-refractivity contribution in [2.75, 3.05) is 17.2 Å². The van der Waals surface area contributed by atoms with Crippen LogP contribution in [-0.2, 0) is 0 Å². The highest BCUT2D eigenvalue weighted by molar-refractivity contribution is 9.10. The van der Waals surface area contributed by atoms with Crippen molar-refractivity contribution in [2.24, 2.45) is 0 Å². The Morgan fingerprint density at radius 3 is 2.75 bits per heavy atom. The molecule has 2 rings (SSSR count). The highest BCUT2D eigenvalue weighted by Crippen LogP contribution is 2.38. The summed E-state index contributed by atoms with van der Waals surface area (Å²) < 4.78 is 1.03. The van der Waals surface area contributed by atoms with Crippen molar-refractivity contribution in [3.63, 3.8) is 0 Å². The maximum atomic E-state index is 5.84. The van der Waals surface area contributed by atoms with Gasteiger partial charge in [0, 0.05) is 12.1 Å². The fourth-order valence-electron chi connectivity index (χ4n) is 2.27. The van der Waals surface area contributed by atoms with Crippen molar-refractivity contribution in [3.8, 4) is 0 Å². The monoisotopic (exact) mass is 283 g/mol. The van der Waals surface area contributed by atoms with Crippen molar-refractivity contribution in [3.05, 3.63) is 16.2 Å². The molecular formula is C12H18BrN3.